The molecule has 2 aliphatic heterocycles. The zero-order valence-electron chi connectivity index (χ0n) is 22.4. The molecule has 3 heterocycles. The van der Waals surface area contributed by atoms with Gasteiger partial charge < -0.3 is 13.9 Å². The standard InChI is InChI=1S/C32H32N2O5S/c1-21-28(27-17-26(13-14-29(27)39-21)37-19-23-6-3-2-4-7-23)18-34-15-5-8-24(34)20-38-25-11-9-22(10-12-25)16-30-31(35)33-32(36)40-30/h2-4,6-7,9-14,17,24,30H,5,8,15-16,18-20H2,1H3,(H,33,35,36)/t24-,30?/m0/s1. The summed E-state index contributed by atoms with van der Waals surface area (Å²) >= 11 is 1.05. The Kier molecular flexibility index (Phi) is 7.80. The number of benzene rings is 3. The molecule has 2 atom stereocenters. The van der Waals surface area contributed by atoms with Gasteiger partial charge in [0, 0.05) is 23.5 Å². The number of furan rings is 1. The molecule has 1 N–H and O–H groups in total. The first kappa shape index (κ1) is 26.5. The van der Waals surface area contributed by atoms with E-state index in [9.17, 15) is 9.59 Å². The fourth-order valence-electron chi connectivity index (χ4n) is 5.43. The van der Waals surface area contributed by atoms with Crippen LogP contribution in [0.3, 0.4) is 0 Å². The smallest absolute Gasteiger partial charge is 0.286 e. The van der Waals surface area contributed by atoms with Crippen LogP contribution in [0.4, 0.5) is 4.79 Å². The molecule has 0 bridgehead atoms. The Hall–Kier alpha value is -3.75. The number of likely N-dealkylation sites (tertiary alicyclic amines) is 1. The highest BCUT2D eigenvalue weighted by molar-refractivity contribution is 8.15. The molecular formula is C32H32N2O5S. The quantitative estimate of drug-likeness (QED) is 0.247. The van der Waals surface area contributed by atoms with Crippen molar-refractivity contribution in [3.8, 4) is 11.5 Å². The number of fused-ring (bicyclic) bond motifs is 1. The number of amides is 2. The number of hydrogen-bond acceptors (Lipinski definition) is 7. The molecule has 4 aromatic rings. The normalized spacial score (nSPS) is 19.3. The Morgan fingerprint density at radius 3 is 2.55 bits per heavy atom. The monoisotopic (exact) mass is 556 g/mol. The van der Waals surface area contributed by atoms with E-state index in [0.717, 1.165) is 77.0 Å². The van der Waals surface area contributed by atoms with Crippen molar-refractivity contribution in [2.75, 3.05) is 13.2 Å². The summed E-state index contributed by atoms with van der Waals surface area (Å²) in [6, 6.07) is 24.4. The molecule has 0 saturated carbocycles. The third-order valence-corrected chi connectivity index (χ3v) is 8.61. The largest absolute Gasteiger partial charge is 0.492 e. The highest BCUT2D eigenvalue weighted by Crippen LogP contribution is 2.32. The van der Waals surface area contributed by atoms with Gasteiger partial charge in [0.25, 0.3) is 5.24 Å². The van der Waals surface area contributed by atoms with Crippen molar-refractivity contribution in [3.63, 3.8) is 0 Å². The minimum atomic E-state index is -0.361. The fourth-order valence-corrected chi connectivity index (χ4v) is 6.29. The SMILES string of the molecule is Cc1oc2ccc(OCc3ccccc3)cc2c1CN1CCC[C@H]1COc1ccc(CC2SC(=O)NC2=O)cc1. The number of carbonyl (C=O) groups excluding carboxylic acids is 2. The van der Waals surface area contributed by atoms with Gasteiger partial charge in [-0.05, 0) is 74.2 Å². The summed E-state index contributed by atoms with van der Waals surface area (Å²) in [7, 11) is 0. The lowest BCUT2D eigenvalue weighted by molar-refractivity contribution is -0.118. The van der Waals surface area contributed by atoms with Crippen LogP contribution in [0, 0.1) is 6.92 Å². The highest BCUT2D eigenvalue weighted by atomic mass is 32.2. The van der Waals surface area contributed by atoms with Crippen molar-refractivity contribution >= 4 is 33.9 Å². The average molecular weight is 557 g/mol. The highest BCUT2D eigenvalue weighted by Gasteiger charge is 2.31. The third kappa shape index (κ3) is 6.03. The second kappa shape index (κ2) is 11.8. The maximum Gasteiger partial charge on any atom is 0.286 e. The van der Waals surface area contributed by atoms with Gasteiger partial charge in [-0.15, -0.1) is 0 Å². The van der Waals surface area contributed by atoms with Crippen LogP contribution in [0.2, 0.25) is 0 Å². The Morgan fingerprint density at radius 1 is 0.975 bits per heavy atom. The van der Waals surface area contributed by atoms with Crippen molar-refractivity contribution in [1.29, 1.82) is 0 Å². The third-order valence-electron chi connectivity index (χ3n) is 7.63. The van der Waals surface area contributed by atoms with E-state index < -0.39 is 0 Å². The van der Waals surface area contributed by atoms with Crippen LogP contribution in [-0.2, 0) is 24.4 Å². The van der Waals surface area contributed by atoms with Crippen LogP contribution in [0.1, 0.15) is 35.3 Å². The molecule has 2 amide bonds. The van der Waals surface area contributed by atoms with Gasteiger partial charge in [-0.1, -0.05) is 54.2 Å². The van der Waals surface area contributed by atoms with Gasteiger partial charge in [-0.3, -0.25) is 19.8 Å². The van der Waals surface area contributed by atoms with Gasteiger partial charge in [0.2, 0.25) is 5.91 Å². The maximum atomic E-state index is 11.8. The molecule has 6 rings (SSSR count). The minimum absolute atomic E-state index is 0.215. The molecule has 8 heteroatoms. The van der Waals surface area contributed by atoms with Crippen LogP contribution in [0.5, 0.6) is 11.5 Å². The zero-order valence-corrected chi connectivity index (χ0v) is 23.2. The van der Waals surface area contributed by atoms with Gasteiger partial charge in [-0.25, -0.2) is 0 Å². The number of imide groups is 1. The zero-order chi connectivity index (χ0) is 27.5. The van der Waals surface area contributed by atoms with Crippen molar-refractivity contribution < 1.29 is 23.5 Å². The number of aryl methyl sites for hydroxylation is 1. The number of rotatable bonds is 10. The van der Waals surface area contributed by atoms with Crippen LogP contribution >= 0.6 is 11.8 Å². The Morgan fingerprint density at radius 2 is 1.77 bits per heavy atom. The summed E-state index contributed by atoms with van der Waals surface area (Å²) in [6.07, 6.45) is 2.74. The van der Waals surface area contributed by atoms with E-state index in [-0.39, 0.29) is 16.4 Å². The minimum Gasteiger partial charge on any atom is -0.492 e. The molecule has 40 heavy (non-hydrogen) atoms. The molecule has 3 aromatic carbocycles. The van der Waals surface area contributed by atoms with Crippen LogP contribution < -0.4 is 14.8 Å². The van der Waals surface area contributed by atoms with Gasteiger partial charge >= 0.3 is 0 Å². The molecule has 0 spiro atoms. The van der Waals surface area contributed by atoms with E-state index in [1.165, 1.54) is 5.56 Å². The van der Waals surface area contributed by atoms with Gasteiger partial charge in [0.1, 0.15) is 36.1 Å². The maximum absolute atomic E-state index is 11.8. The number of thioether (sulfide) groups is 1. The first-order valence-electron chi connectivity index (χ1n) is 13.7. The summed E-state index contributed by atoms with van der Waals surface area (Å²) in [5, 5.41) is 2.81. The van der Waals surface area contributed by atoms with Crippen LogP contribution in [0.15, 0.2) is 77.2 Å². The van der Waals surface area contributed by atoms with Crippen molar-refractivity contribution in [2.24, 2.45) is 0 Å². The second-order valence-corrected chi connectivity index (χ2v) is 11.6. The van der Waals surface area contributed by atoms with Gasteiger partial charge in [0.15, 0.2) is 0 Å². The summed E-state index contributed by atoms with van der Waals surface area (Å²) < 4.78 is 18.4. The van der Waals surface area contributed by atoms with E-state index >= 15 is 0 Å². The molecular weight excluding hydrogens is 524 g/mol. The van der Waals surface area contributed by atoms with E-state index in [1.54, 1.807) is 0 Å². The molecule has 0 radical (unpaired) electrons. The Labute approximate surface area is 237 Å². The molecule has 7 nitrogen and oxygen atoms in total. The van der Waals surface area contributed by atoms with Crippen molar-refractivity contribution in [1.82, 2.24) is 10.2 Å². The molecule has 2 saturated heterocycles. The summed E-state index contributed by atoms with van der Waals surface area (Å²) in [6.45, 7) is 4.98. The molecule has 1 aromatic heterocycles. The number of nitrogens with one attached hydrogen (secondary N) is 1. The number of ether oxygens (including phenoxy) is 2. The number of hydrogen-bond donors (Lipinski definition) is 1. The number of carbonyl (C=O) groups is 2. The molecule has 0 aliphatic carbocycles. The lowest BCUT2D eigenvalue weighted by Gasteiger charge is -2.24. The predicted octanol–water partition coefficient (Wildman–Crippen LogP) is 6.26. The topological polar surface area (TPSA) is 81.0 Å². The van der Waals surface area contributed by atoms with Crippen molar-refractivity contribution in [3.05, 3.63) is 95.2 Å². The van der Waals surface area contributed by atoms with Gasteiger partial charge in [0.05, 0.1) is 5.25 Å². The first-order valence-corrected chi connectivity index (χ1v) is 14.6. The summed E-state index contributed by atoms with van der Waals surface area (Å²) in [4.78, 5) is 25.7. The predicted molar refractivity (Wildman–Crippen MR) is 156 cm³/mol. The second-order valence-electron chi connectivity index (χ2n) is 10.4. The molecule has 206 valence electrons. The lowest BCUT2D eigenvalue weighted by atomic mass is 10.1. The lowest BCUT2D eigenvalue weighted by Crippen LogP contribution is -2.33. The van der Waals surface area contributed by atoms with E-state index in [0.29, 0.717) is 25.7 Å². The van der Waals surface area contributed by atoms with Crippen LogP contribution in [0.25, 0.3) is 11.0 Å². The van der Waals surface area contributed by atoms with E-state index in [2.05, 4.69) is 28.4 Å². The van der Waals surface area contributed by atoms with Crippen LogP contribution in [-0.4, -0.2) is 40.5 Å². The molecule has 2 aliphatic rings. The molecule has 1 unspecified atom stereocenters. The fraction of sp³-hybridized carbons (Fsp3) is 0.312. The van der Waals surface area contributed by atoms with Crippen molar-refractivity contribution in [2.45, 2.75) is 50.6 Å². The molecule has 2 fully saturated rings. The summed E-state index contributed by atoms with van der Waals surface area (Å²) in [5.41, 5.74) is 4.22. The summed E-state index contributed by atoms with van der Waals surface area (Å²) in [5.74, 6) is 2.36. The average Bonchev–Trinajstić information content (AvgIpc) is 3.64. The Bertz CT molecular complexity index is 1500. The van der Waals surface area contributed by atoms with E-state index in [1.807, 2.05) is 61.5 Å². The Balaban J connectivity index is 1.07. The van der Waals surface area contributed by atoms with E-state index in [4.69, 9.17) is 13.9 Å². The van der Waals surface area contributed by atoms with Gasteiger partial charge in [-0.2, -0.15) is 0 Å². The first-order chi connectivity index (χ1) is 19.5. The number of nitrogens with zero attached hydrogens (tertiary/aromatic N) is 1.